The molecule has 0 bridgehead atoms. The molecule has 0 spiro atoms. The Labute approximate surface area is 265 Å². The van der Waals surface area contributed by atoms with Gasteiger partial charge in [0.15, 0.2) is 0 Å². The Hall–Kier alpha value is -2.89. The number of hydrogen-bond acceptors (Lipinski definition) is 5. The number of aliphatic imine (C=N–C) groups is 1. The average Bonchev–Trinajstić information content (AvgIpc) is 3.03. The minimum absolute atomic E-state index is 0.0121. The zero-order valence-corrected chi connectivity index (χ0v) is 26.6. The van der Waals surface area contributed by atoms with Crippen LogP contribution < -0.4 is 15.4 Å². The number of halogens is 1. The lowest BCUT2D eigenvalue weighted by molar-refractivity contribution is 0.291. The van der Waals surface area contributed by atoms with Crippen LogP contribution in [0.5, 0.6) is 5.88 Å². The molecule has 6 heteroatoms. The van der Waals surface area contributed by atoms with Gasteiger partial charge in [0.1, 0.15) is 6.61 Å². The Morgan fingerprint density at radius 1 is 0.884 bits per heavy atom. The van der Waals surface area contributed by atoms with Crippen molar-refractivity contribution in [3.63, 3.8) is 0 Å². The number of nitrogens with one attached hydrogen (secondary N) is 2. The van der Waals surface area contributed by atoms with E-state index in [0.717, 1.165) is 44.7 Å². The fraction of sp³-hybridized carbons (Fsp3) is 0.514. The maximum Gasteiger partial charge on any atom is 0.213 e. The number of pyridine rings is 1. The summed E-state index contributed by atoms with van der Waals surface area (Å²) in [5.74, 6) is 0.733. The van der Waals surface area contributed by atoms with Gasteiger partial charge in [-0.3, -0.25) is 4.99 Å². The van der Waals surface area contributed by atoms with Gasteiger partial charge in [0.25, 0.3) is 0 Å². The SMILES string of the molecule is ClC1/C=C/N=CCCCC/C=C(NCCCCCCCCNC2CCCc3nc(OCc4ccccc4)ccc32)/C=C/C1. The molecule has 0 saturated heterocycles. The van der Waals surface area contributed by atoms with Crippen molar-refractivity contribution < 1.29 is 4.74 Å². The normalized spacial score (nSPS) is 22.0. The van der Waals surface area contributed by atoms with Crippen molar-refractivity contribution >= 4 is 17.8 Å². The summed E-state index contributed by atoms with van der Waals surface area (Å²) in [4.78, 5) is 9.15. The Morgan fingerprint density at radius 2 is 1.70 bits per heavy atom. The molecule has 2 unspecified atom stereocenters. The lowest BCUT2D eigenvalue weighted by atomic mass is 9.91. The number of ether oxygens (including phenoxy) is 1. The number of nitrogens with zero attached hydrogens (tertiary/aromatic N) is 2. The van der Waals surface area contributed by atoms with Crippen LogP contribution in [0.1, 0.15) is 106 Å². The fourth-order valence-corrected chi connectivity index (χ4v) is 5.82. The minimum atomic E-state index is -0.0121. The topological polar surface area (TPSA) is 58.5 Å². The van der Waals surface area contributed by atoms with Gasteiger partial charge in [-0.05, 0) is 94.0 Å². The first-order chi connectivity index (χ1) is 21.3. The van der Waals surface area contributed by atoms with Gasteiger partial charge in [0.05, 0.1) is 5.38 Å². The predicted octanol–water partition coefficient (Wildman–Crippen LogP) is 9.15. The number of aryl methyl sites for hydroxylation is 1. The van der Waals surface area contributed by atoms with E-state index in [1.807, 2.05) is 42.8 Å². The summed E-state index contributed by atoms with van der Waals surface area (Å²) in [6.45, 7) is 2.66. The molecule has 4 rings (SSSR count). The van der Waals surface area contributed by atoms with Crippen LogP contribution in [-0.2, 0) is 13.0 Å². The molecule has 1 aliphatic heterocycles. The number of fused-ring (bicyclic) bond motifs is 1. The number of rotatable bonds is 14. The molecule has 2 aromatic rings. The highest BCUT2D eigenvalue weighted by Crippen LogP contribution is 2.30. The maximum atomic E-state index is 6.37. The van der Waals surface area contributed by atoms with Crippen LogP contribution in [-0.4, -0.2) is 29.7 Å². The molecule has 2 N–H and O–H groups in total. The molecule has 2 aliphatic rings. The van der Waals surface area contributed by atoms with Crippen LogP contribution in [0.15, 0.2) is 83.7 Å². The Balaban J connectivity index is 1.06. The van der Waals surface area contributed by atoms with Crippen LogP contribution in [0.25, 0.3) is 0 Å². The molecule has 1 aliphatic carbocycles. The lowest BCUT2D eigenvalue weighted by Crippen LogP contribution is -2.26. The second-order valence-corrected chi connectivity index (χ2v) is 12.2. The van der Waals surface area contributed by atoms with Gasteiger partial charge in [0.2, 0.25) is 5.88 Å². The quantitative estimate of drug-likeness (QED) is 0.167. The largest absolute Gasteiger partial charge is 0.473 e. The van der Waals surface area contributed by atoms with E-state index >= 15 is 0 Å². The molecule has 1 aromatic carbocycles. The van der Waals surface area contributed by atoms with E-state index in [2.05, 4.69) is 52.1 Å². The van der Waals surface area contributed by atoms with Crippen LogP contribution >= 0.6 is 11.6 Å². The first kappa shape index (κ1) is 33.0. The van der Waals surface area contributed by atoms with E-state index in [1.165, 1.54) is 86.7 Å². The second-order valence-electron chi connectivity index (χ2n) is 11.7. The maximum absolute atomic E-state index is 6.37. The van der Waals surface area contributed by atoms with Crippen molar-refractivity contribution in [3.8, 4) is 5.88 Å². The summed E-state index contributed by atoms with van der Waals surface area (Å²) in [5, 5.41) is 7.46. The van der Waals surface area contributed by atoms with Gasteiger partial charge in [-0.25, -0.2) is 4.98 Å². The van der Waals surface area contributed by atoms with Crippen molar-refractivity contribution in [2.45, 2.75) is 108 Å². The standard InChI is InChI=1S/C37H51ClN4O/c38-32-18-14-20-33(19-10-3-6-11-26-39-29-25-32)40-27-12-4-1-2-5-13-28-41-35-21-15-22-36-34(35)23-24-37(42-36)43-30-31-16-8-7-9-17-31/h7-9,14,16-17,19-20,23-26,29,32,35,40-41H,1-6,10-13,15,18,21-22,27-28,30H2/b20-14+,29-25+,33-19-,39-26?. The summed E-state index contributed by atoms with van der Waals surface area (Å²) in [6, 6.07) is 15.0. The molecular formula is C37H51ClN4O. The number of benzene rings is 1. The monoisotopic (exact) mass is 602 g/mol. The van der Waals surface area contributed by atoms with Crippen LogP contribution in [0, 0.1) is 0 Å². The smallest absolute Gasteiger partial charge is 0.213 e. The molecular weight excluding hydrogens is 552 g/mol. The zero-order chi connectivity index (χ0) is 29.8. The van der Waals surface area contributed by atoms with Crippen LogP contribution in [0.4, 0.5) is 0 Å². The highest BCUT2D eigenvalue weighted by atomic mass is 35.5. The number of allylic oxidation sites excluding steroid dienone is 4. The average molecular weight is 603 g/mol. The van der Waals surface area contributed by atoms with Gasteiger partial charge in [-0.15, -0.1) is 11.6 Å². The Morgan fingerprint density at radius 3 is 2.58 bits per heavy atom. The molecule has 43 heavy (non-hydrogen) atoms. The third-order valence-electron chi connectivity index (χ3n) is 8.12. The molecule has 0 amide bonds. The van der Waals surface area contributed by atoms with Crippen molar-refractivity contribution in [1.82, 2.24) is 15.6 Å². The molecule has 232 valence electrons. The fourth-order valence-electron chi connectivity index (χ4n) is 5.65. The second kappa shape index (κ2) is 20.1. The number of aromatic nitrogens is 1. The summed E-state index contributed by atoms with van der Waals surface area (Å²) in [5.41, 5.74) is 4.96. The Kier molecular flexibility index (Phi) is 15.5. The zero-order valence-electron chi connectivity index (χ0n) is 25.9. The first-order valence-corrected chi connectivity index (χ1v) is 17.0. The summed E-state index contributed by atoms with van der Waals surface area (Å²) < 4.78 is 5.97. The van der Waals surface area contributed by atoms with E-state index in [9.17, 15) is 0 Å². The van der Waals surface area contributed by atoms with Crippen molar-refractivity contribution in [2.24, 2.45) is 4.99 Å². The third-order valence-corrected chi connectivity index (χ3v) is 8.44. The van der Waals surface area contributed by atoms with Gasteiger partial charge < -0.3 is 15.4 Å². The van der Waals surface area contributed by atoms with Gasteiger partial charge >= 0.3 is 0 Å². The van der Waals surface area contributed by atoms with Gasteiger partial charge in [-0.2, -0.15) is 0 Å². The third kappa shape index (κ3) is 13.1. The molecule has 5 nitrogen and oxygen atoms in total. The van der Waals surface area contributed by atoms with E-state index < -0.39 is 0 Å². The molecule has 1 aromatic heterocycles. The van der Waals surface area contributed by atoms with E-state index in [1.54, 1.807) is 0 Å². The van der Waals surface area contributed by atoms with E-state index in [4.69, 9.17) is 21.3 Å². The van der Waals surface area contributed by atoms with E-state index in [-0.39, 0.29) is 5.38 Å². The van der Waals surface area contributed by atoms with Crippen molar-refractivity contribution in [1.29, 1.82) is 0 Å². The number of unbranched alkanes of at least 4 members (excludes halogenated alkanes) is 5. The molecule has 2 atom stereocenters. The Bertz CT molecular complexity index is 1180. The summed E-state index contributed by atoms with van der Waals surface area (Å²) in [7, 11) is 0. The van der Waals surface area contributed by atoms with Gasteiger partial charge in [-0.1, -0.05) is 74.2 Å². The van der Waals surface area contributed by atoms with Crippen molar-refractivity contribution in [3.05, 3.63) is 95.5 Å². The van der Waals surface area contributed by atoms with Crippen LogP contribution in [0.3, 0.4) is 0 Å². The molecule has 2 heterocycles. The highest BCUT2D eigenvalue weighted by Gasteiger charge is 2.21. The summed E-state index contributed by atoms with van der Waals surface area (Å²) >= 11 is 6.37. The molecule has 0 fully saturated rings. The molecule has 0 saturated carbocycles. The predicted molar refractivity (Wildman–Crippen MR) is 182 cm³/mol. The minimum Gasteiger partial charge on any atom is -0.473 e. The molecule has 0 radical (unpaired) electrons. The number of alkyl halides is 1. The highest BCUT2D eigenvalue weighted by molar-refractivity contribution is 6.21. The summed E-state index contributed by atoms with van der Waals surface area (Å²) in [6.07, 6.45) is 28.8. The van der Waals surface area contributed by atoms with E-state index in [0.29, 0.717) is 12.6 Å². The van der Waals surface area contributed by atoms with Crippen LogP contribution in [0.2, 0.25) is 0 Å². The van der Waals surface area contributed by atoms with Crippen molar-refractivity contribution in [2.75, 3.05) is 13.1 Å². The lowest BCUT2D eigenvalue weighted by Gasteiger charge is -2.26. The number of hydrogen-bond donors (Lipinski definition) is 2. The first-order valence-electron chi connectivity index (χ1n) is 16.6. The van der Waals surface area contributed by atoms with Gasteiger partial charge in [0, 0.05) is 42.5 Å².